The fraction of sp³-hybridized carbons (Fsp3) is 0.231. The van der Waals surface area contributed by atoms with E-state index >= 15 is 0 Å². The van der Waals surface area contributed by atoms with E-state index in [-0.39, 0.29) is 5.69 Å². The van der Waals surface area contributed by atoms with Crippen LogP contribution in [0, 0.1) is 0 Å². The van der Waals surface area contributed by atoms with Crippen molar-refractivity contribution in [2.45, 2.75) is 0 Å². The lowest BCUT2D eigenvalue weighted by Crippen LogP contribution is -2.04. The molecule has 0 atom stereocenters. The fourth-order valence-corrected chi connectivity index (χ4v) is 1.82. The number of ether oxygens (including phenoxy) is 2. The average molecular weight is 261 g/mol. The minimum atomic E-state index is -0.516. The Hall–Kier alpha value is -2.50. The molecule has 0 aliphatic heterocycles. The molecule has 2 rings (SSSR count). The van der Waals surface area contributed by atoms with E-state index in [1.54, 1.807) is 26.3 Å². The van der Waals surface area contributed by atoms with E-state index in [1.807, 2.05) is 12.1 Å². The summed E-state index contributed by atoms with van der Waals surface area (Å²) >= 11 is 0. The largest absolute Gasteiger partial charge is 0.497 e. The van der Waals surface area contributed by atoms with Crippen molar-refractivity contribution in [2.24, 2.45) is 7.05 Å². The molecule has 2 aromatic rings. The summed E-state index contributed by atoms with van der Waals surface area (Å²) in [5.41, 5.74) is 7.51. The lowest BCUT2D eigenvalue weighted by atomic mass is 10.1. The van der Waals surface area contributed by atoms with Gasteiger partial charge in [-0.2, -0.15) is 5.10 Å². The molecule has 0 saturated carbocycles. The third-order valence-corrected chi connectivity index (χ3v) is 2.85. The number of hydrogen-bond donors (Lipinski definition) is 1. The second kappa shape index (κ2) is 5.01. The number of anilines is 1. The Kier molecular flexibility index (Phi) is 3.41. The van der Waals surface area contributed by atoms with Crippen LogP contribution in [0.15, 0.2) is 24.3 Å². The molecule has 6 heteroatoms. The van der Waals surface area contributed by atoms with E-state index < -0.39 is 5.97 Å². The minimum Gasteiger partial charge on any atom is -0.497 e. The van der Waals surface area contributed by atoms with E-state index in [9.17, 15) is 4.79 Å². The van der Waals surface area contributed by atoms with Crippen LogP contribution in [0.3, 0.4) is 0 Å². The van der Waals surface area contributed by atoms with Crippen molar-refractivity contribution in [3.8, 4) is 16.9 Å². The van der Waals surface area contributed by atoms with Crippen LogP contribution in [0.1, 0.15) is 10.5 Å². The van der Waals surface area contributed by atoms with Gasteiger partial charge < -0.3 is 15.2 Å². The van der Waals surface area contributed by atoms with Crippen molar-refractivity contribution in [3.05, 3.63) is 30.0 Å². The molecule has 0 aliphatic carbocycles. The zero-order chi connectivity index (χ0) is 14.0. The van der Waals surface area contributed by atoms with E-state index in [0.29, 0.717) is 11.4 Å². The fourth-order valence-electron chi connectivity index (χ4n) is 1.82. The first kappa shape index (κ1) is 12.9. The van der Waals surface area contributed by atoms with Crippen molar-refractivity contribution >= 4 is 11.8 Å². The van der Waals surface area contributed by atoms with Gasteiger partial charge in [0.25, 0.3) is 0 Å². The lowest BCUT2D eigenvalue weighted by molar-refractivity contribution is 0.0594. The molecule has 1 aromatic heterocycles. The molecule has 2 N–H and O–H groups in total. The van der Waals surface area contributed by atoms with Crippen LogP contribution < -0.4 is 10.5 Å². The number of aryl methyl sites for hydroxylation is 1. The number of benzene rings is 1. The summed E-state index contributed by atoms with van der Waals surface area (Å²) in [5.74, 6) is 0.620. The van der Waals surface area contributed by atoms with Crippen LogP contribution in [0.2, 0.25) is 0 Å². The van der Waals surface area contributed by atoms with Gasteiger partial charge in [-0.3, -0.25) is 4.68 Å². The molecule has 0 aliphatic rings. The standard InChI is InChI=1S/C13H15N3O3/c1-16-12(14)10(11(15-16)13(17)19-3)8-4-6-9(18-2)7-5-8/h4-7H,14H2,1-3H3. The Labute approximate surface area is 110 Å². The first-order valence-electron chi connectivity index (χ1n) is 5.63. The molecule has 100 valence electrons. The van der Waals surface area contributed by atoms with Crippen LogP contribution in [-0.4, -0.2) is 30.0 Å². The zero-order valence-corrected chi connectivity index (χ0v) is 11.0. The second-order valence-corrected chi connectivity index (χ2v) is 3.95. The van der Waals surface area contributed by atoms with Gasteiger partial charge in [0.05, 0.1) is 19.8 Å². The molecule has 0 fully saturated rings. The molecule has 0 bridgehead atoms. The summed E-state index contributed by atoms with van der Waals surface area (Å²) in [6.07, 6.45) is 0. The number of nitrogen functional groups attached to an aromatic ring is 1. The highest BCUT2D eigenvalue weighted by molar-refractivity contribution is 5.98. The van der Waals surface area contributed by atoms with Gasteiger partial charge in [-0.1, -0.05) is 12.1 Å². The number of aromatic nitrogens is 2. The van der Waals surface area contributed by atoms with E-state index in [1.165, 1.54) is 11.8 Å². The Morgan fingerprint density at radius 3 is 2.42 bits per heavy atom. The number of methoxy groups -OCH3 is 2. The van der Waals surface area contributed by atoms with Gasteiger partial charge in [-0.25, -0.2) is 4.79 Å². The van der Waals surface area contributed by atoms with Gasteiger partial charge >= 0.3 is 5.97 Å². The summed E-state index contributed by atoms with van der Waals surface area (Å²) in [7, 11) is 4.58. The molecule has 0 saturated heterocycles. The summed E-state index contributed by atoms with van der Waals surface area (Å²) in [5, 5.41) is 4.09. The molecule has 0 radical (unpaired) electrons. The maximum Gasteiger partial charge on any atom is 0.359 e. The first-order valence-corrected chi connectivity index (χ1v) is 5.63. The second-order valence-electron chi connectivity index (χ2n) is 3.95. The van der Waals surface area contributed by atoms with Crippen molar-refractivity contribution < 1.29 is 14.3 Å². The highest BCUT2D eigenvalue weighted by atomic mass is 16.5. The summed E-state index contributed by atoms with van der Waals surface area (Å²) < 4.78 is 11.3. The molecule has 0 spiro atoms. The molecule has 0 unspecified atom stereocenters. The van der Waals surface area contributed by atoms with Gasteiger partial charge in [0, 0.05) is 7.05 Å². The highest BCUT2D eigenvalue weighted by Crippen LogP contribution is 2.30. The molecular formula is C13H15N3O3. The smallest absolute Gasteiger partial charge is 0.359 e. The zero-order valence-electron chi connectivity index (χ0n) is 11.0. The number of hydrogen-bond acceptors (Lipinski definition) is 5. The number of carbonyl (C=O) groups is 1. The normalized spacial score (nSPS) is 10.3. The number of nitrogens with zero attached hydrogens (tertiary/aromatic N) is 2. The predicted molar refractivity (Wildman–Crippen MR) is 70.9 cm³/mol. The topological polar surface area (TPSA) is 79.4 Å². The van der Waals surface area contributed by atoms with Gasteiger partial charge in [-0.15, -0.1) is 0 Å². The van der Waals surface area contributed by atoms with Gasteiger partial charge in [0.15, 0.2) is 5.69 Å². The van der Waals surface area contributed by atoms with Crippen molar-refractivity contribution in [1.29, 1.82) is 0 Å². The van der Waals surface area contributed by atoms with E-state index in [0.717, 1.165) is 11.3 Å². The molecule has 1 aromatic carbocycles. The minimum absolute atomic E-state index is 0.202. The first-order chi connectivity index (χ1) is 9.08. The number of rotatable bonds is 3. The Bertz CT molecular complexity index is 602. The maximum atomic E-state index is 11.7. The summed E-state index contributed by atoms with van der Waals surface area (Å²) in [4.78, 5) is 11.7. The SMILES string of the molecule is COC(=O)c1nn(C)c(N)c1-c1ccc(OC)cc1. The van der Waals surface area contributed by atoms with Crippen molar-refractivity contribution in [2.75, 3.05) is 20.0 Å². The average Bonchev–Trinajstić information content (AvgIpc) is 2.74. The molecule has 6 nitrogen and oxygen atoms in total. The number of nitrogens with two attached hydrogens (primary N) is 1. The van der Waals surface area contributed by atoms with Crippen LogP contribution in [0.4, 0.5) is 5.82 Å². The monoisotopic (exact) mass is 261 g/mol. The highest BCUT2D eigenvalue weighted by Gasteiger charge is 2.22. The van der Waals surface area contributed by atoms with Gasteiger partial charge in [0.1, 0.15) is 11.6 Å². The number of esters is 1. The molecule has 1 heterocycles. The van der Waals surface area contributed by atoms with E-state index in [2.05, 4.69) is 5.10 Å². The Morgan fingerprint density at radius 2 is 1.89 bits per heavy atom. The Morgan fingerprint density at radius 1 is 1.26 bits per heavy atom. The van der Waals surface area contributed by atoms with Gasteiger partial charge in [-0.05, 0) is 17.7 Å². The van der Waals surface area contributed by atoms with Crippen molar-refractivity contribution in [3.63, 3.8) is 0 Å². The van der Waals surface area contributed by atoms with Crippen LogP contribution in [0.5, 0.6) is 5.75 Å². The Balaban J connectivity index is 2.56. The third kappa shape index (κ3) is 2.24. The summed E-state index contributed by atoms with van der Waals surface area (Å²) in [6, 6.07) is 7.23. The predicted octanol–water partition coefficient (Wildman–Crippen LogP) is 1.46. The molecular weight excluding hydrogens is 246 g/mol. The van der Waals surface area contributed by atoms with Crippen LogP contribution >= 0.6 is 0 Å². The molecule has 0 amide bonds. The van der Waals surface area contributed by atoms with Gasteiger partial charge in [0.2, 0.25) is 0 Å². The third-order valence-electron chi connectivity index (χ3n) is 2.85. The van der Waals surface area contributed by atoms with Crippen LogP contribution in [0.25, 0.3) is 11.1 Å². The molecule has 19 heavy (non-hydrogen) atoms. The van der Waals surface area contributed by atoms with Crippen LogP contribution in [-0.2, 0) is 11.8 Å². The van der Waals surface area contributed by atoms with E-state index in [4.69, 9.17) is 15.2 Å². The number of carbonyl (C=O) groups excluding carboxylic acids is 1. The van der Waals surface area contributed by atoms with Crippen molar-refractivity contribution in [1.82, 2.24) is 9.78 Å². The lowest BCUT2D eigenvalue weighted by Gasteiger charge is -2.04. The quantitative estimate of drug-likeness (QED) is 0.846. The summed E-state index contributed by atoms with van der Waals surface area (Å²) in [6.45, 7) is 0. The maximum absolute atomic E-state index is 11.7.